The molecular weight excluding hydrogens is 274 g/mol. The number of hydrogen-bond acceptors (Lipinski definition) is 4. The van der Waals surface area contributed by atoms with E-state index in [9.17, 15) is 0 Å². The van der Waals surface area contributed by atoms with Crippen molar-refractivity contribution in [2.45, 2.75) is 46.6 Å². The quantitative estimate of drug-likeness (QED) is 0.796. The van der Waals surface area contributed by atoms with Gasteiger partial charge in [-0.1, -0.05) is 0 Å². The van der Waals surface area contributed by atoms with E-state index in [1.165, 1.54) is 18.7 Å². The Bertz CT molecular complexity index is 309. The Labute approximate surface area is 121 Å². The number of nitrogens with zero attached hydrogens (tertiary/aromatic N) is 3. The highest BCUT2D eigenvalue weighted by molar-refractivity contribution is 7.73. The minimum atomic E-state index is -1.71. The van der Waals surface area contributed by atoms with E-state index in [4.69, 9.17) is 4.52 Å². The van der Waals surface area contributed by atoms with Crippen molar-refractivity contribution < 1.29 is 0 Å². The Kier molecular flexibility index (Phi) is 6.35. The maximum absolute atomic E-state index is 5.37. The fraction of sp³-hybridized carbons (Fsp3) is 1.00. The fourth-order valence-electron chi connectivity index (χ4n) is 2.37. The molecule has 1 fully saturated rings. The van der Waals surface area contributed by atoms with Gasteiger partial charge in [-0.15, -0.1) is 14.4 Å². The van der Waals surface area contributed by atoms with Crippen LogP contribution in [0.4, 0.5) is 0 Å². The van der Waals surface area contributed by atoms with E-state index in [0.717, 1.165) is 13.1 Å². The highest BCUT2D eigenvalue weighted by atomic mass is 31.2. The molecule has 0 aromatic heterocycles. The molecule has 0 aromatic rings. The standard InChI is InChI=1S/C13H32N4P2/c1-8-18(9-2)15-19(14-13(3,4)5)16(6)11-10-12-17(19)7/h14H,8-12H2,1-7H3/q+2. The van der Waals surface area contributed by atoms with Gasteiger partial charge in [-0.2, -0.15) is 0 Å². The van der Waals surface area contributed by atoms with Crippen molar-refractivity contribution in [3.8, 4) is 0 Å². The predicted molar refractivity (Wildman–Crippen MR) is 90.1 cm³/mol. The summed E-state index contributed by atoms with van der Waals surface area (Å²) in [6.07, 6.45) is 3.63. The molecule has 1 saturated heterocycles. The molecule has 0 unspecified atom stereocenters. The Balaban J connectivity index is 3.18. The van der Waals surface area contributed by atoms with Gasteiger partial charge in [-0.05, 0) is 41.0 Å². The molecule has 0 aliphatic carbocycles. The molecule has 0 spiro atoms. The Morgan fingerprint density at radius 2 is 1.58 bits per heavy atom. The monoisotopic (exact) mass is 306 g/mol. The molecule has 0 atom stereocenters. The van der Waals surface area contributed by atoms with Gasteiger partial charge in [0.05, 0.1) is 4.52 Å². The van der Waals surface area contributed by atoms with Crippen LogP contribution in [0.2, 0.25) is 0 Å². The third-order valence-corrected chi connectivity index (χ3v) is 10.1. The van der Waals surface area contributed by atoms with Crippen LogP contribution < -0.4 is 5.09 Å². The lowest BCUT2D eigenvalue weighted by molar-refractivity contribution is 0.343. The largest absolute Gasteiger partial charge is 0.399 e. The van der Waals surface area contributed by atoms with E-state index < -0.39 is 7.87 Å². The van der Waals surface area contributed by atoms with Crippen LogP contribution in [0.15, 0.2) is 4.52 Å². The molecule has 0 saturated carbocycles. The molecule has 6 heteroatoms. The molecule has 1 rings (SSSR count). The van der Waals surface area contributed by atoms with Crippen LogP contribution in [0.25, 0.3) is 0 Å². The summed E-state index contributed by atoms with van der Waals surface area (Å²) in [5.41, 5.74) is 0.0968. The number of rotatable bonds is 4. The lowest BCUT2D eigenvalue weighted by atomic mass is 10.1. The van der Waals surface area contributed by atoms with Gasteiger partial charge in [-0.25, -0.2) is 0 Å². The van der Waals surface area contributed by atoms with Crippen LogP contribution in [0, 0.1) is 0 Å². The van der Waals surface area contributed by atoms with E-state index in [-0.39, 0.29) is 13.3 Å². The SMILES string of the molecule is CC[P+](CC)=N[P+]1(NC(C)(C)C)N(C)CCCN1C. The van der Waals surface area contributed by atoms with Gasteiger partial charge in [-0.3, -0.25) is 0 Å². The summed E-state index contributed by atoms with van der Waals surface area (Å²) in [6.45, 7) is 13.6. The van der Waals surface area contributed by atoms with Crippen molar-refractivity contribution in [1.82, 2.24) is 14.4 Å². The highest BCUT2D eigenvalue weighted by Gasteiger charge is 2.57. The van der Waals surface area contributed by atoms with Gasteiger partial charge in [0, 0.05) is 32.7 Å². The first-order valence-corrected chi connectivity index (χ1v) is 10.7. The highest BCUT2D eigenvalue weighted by Crippen LogP contribution is 2.67. The number of hydrogen-bond donors (Lipinski definition) is 1. The first kappa shape index (κ1) is 17.5. The van der Waals surface area contributed by atoms with Gasteiger partial charge in [0.25, 0.3) is 7.71 Å². The minimum absolute atomic E-state index is 0.0968. The van der Waals surface area contributed by atoms with E-state index >= 15 is 0 Å². The minimum Gasteiger partial charge on any atom is -0.131 e. The van der Waals surface area contributed by atoms with Crippen LogP contribution in [0.5, 0.6) is 0 Å². The van der Waals surface area contributed by atoms with Crippen LogP contribution in [-0.4, -0.2) is 54.4 Å². The zero-order chi connectivity index (χ0) is 14.7. The molecule has 0 radical (unpaired) electrons. The summed E-state index contributed by atoms with van der Waals surface area (Å²) in [7, 11) is 2.56. The maximum Gasteiger partial charge on any atom is 0.399 e. The van der Waals surface area contributed by atoms with Crippen molar-refractivity contribution in [2.24, 2.45) is 4.52 Å². The molecule has 112 valence electrons. The van der Waals surface area contributed by atoms with E-state index in [0.29, 0.717) is 0 Å². The smallest absolute Gasteiger partial charge is 0.131 e. The molecular formula is C13H32N4P2+2. The normalized spacial score (nSPS) is 21.4. The van der Waals surface area contributed by atoms with Crippen molar-refractivity contribution in [2.75, 3.05) is 39.5 Å². The lowest BCUT2D eigenvalue weighted by Gasteiger charge is -2.39. The van der Waals surface area contributed by atoms with Crippen LogP contribution in [-0.2, 0) is 0 Å². The zero-order valence-corrected chi connectivity index (χ0v) is 15.6. The second-order valence-electron chi connectivity index (χ2n) is 6.27. The fourth-order valence-corrected chi connectivity index (χ4v) is 9.12. The van der Waals surface area contributed by atoms with Gasteiger partial charge in [0.15, 0.2) is 0 Å². The third-order valence-electron chi connectivity index (χ3n) is 3.38. The van der Waals surface area contributed by atoms with Gasteiger partial charge in [0.1, 0.15) is 12.3 Å². The van der Waals surface area contributed by atoms with Gasteiger partial charge in [0.2, 0.25) is 0 Å². The van der Waals surface area contributed by atoms with Gasteiger partial charge >= 0.3 is 7.87 Å². The molecule has 0 amide bonds. The van der Waals surface area contributed by atoms with Crippen molar-refractivity contribution in [3.05, 3.63) is 0 Å². The lowest BCUT2D eigenvalue weighted by Crippen LogP contribution is -2.49. The maximum atomic E-state index is 5.37. The topological polar surface area (TPSA) is 30.9 Å². The third kappa shape index (κ3) is 4.44. The molecule has 1 aliphatic heterocycles. The van der Waals surface area contributed by atoms with Crippen molar-refractivity contribution in [3.63, 3.8) is 0 Å². The second-order valence-corrected chi connectivity index (χ2v) is 12.0. The molecule has 19 heavy (non-hydrogen) atoms. The average Bonchev–Trinajstić information content (AvgIpc) is 2.31. The first-order chi connectivity index (χ1) is 8.75. The average molecular weight is 306 g/mol. The van der Waals surface area contributed by atoms with E-state index in [2.05, 4.69) is 63.1 Å². The van der Waals surface area contributed by atoms with Gasteiger partial charge < -0.3 is 0 Å². The van der Waals surface area contributed by atoms with Crippen LogP contribution in [0.1, 0.15) is 41.0 Å². The summed E-state index contributed by atoms with van der Waals surface area (Å²) < 4.78 is 10.3. The van der Waals surface area contributed by atoms with E-state index in [1.54, 1.807) is 0 Å². The first-order valence-electron chi connectivity index (χ1n) is 7.35. The van der Waals surface area contributed by atoms with Crippen molar-refractivity contribution in [1.29, 1.82) is 0 Å². The summed E-state index contributed by atoms with van der Waals surface area (Å²) >= 11 is 0. The van der Waals surface area contributed by atoms with E-state index in [1.807, 2.05) is 0 Å². The summed E-state index contributed by atoms with van der Waals surface area (Å²) in [5, 5.41) is 3.88. The van der Waals surface area contributed by atoms with Crippen LogP contribution >= 0.6 is 15.6 Å². The molecule has 1 heterocycles. The molecule has 1 N–H and O–H groups in total. The Morgan fingerprint density at radius 1 is 1.11 bits per heavy atom. The summed E-state index contributed by atoms with van der Waals surface area (Å²) in [5.74, 6) is 0. The predicted octanol–water partition coefficient (Wildman–Crippen LogP) is 4.02. The zero-order valence-electron chi connectivity index (χ0n) is 13.8. The van der Waals surface area contributed by atoms with Crippen LogP contribution in [0.3, 0.4) is 0 Å². The Hall–Kier alpha value is 0.410. The molecule has 0 bridgehead atoms. The summed E-state index contributed by atoms with van der Waals surface area (Å²) in [6, 6.07) is 0. The molecule has 1 aliphatic rings. The molecule has 4 nitrogen and oxygen atoms in total. The summed E-state index contributed by atoms with van der Waals surface area (Å²) in [4.78, 5) is 0. The second kappa shape index (κ2) is 6.91. The molecule has 0 aromatic carbocycles. The van der Waals surface area contributed by atoms with Crippen molar-refractivity contribution >= 4 is 15.6 Å². The number of nitrogens with one attached hydrogen (secondary N) is 1. The Morgan fingerprint density at radius 3 is 1.95 bits per heavy atom.